The van der Waals surface area contributed by atoms with Crippen LogP contribution in [-0.2, 0) is 12.4 Å². The Kier molecular flexibility index (Phi) is 8.09. The van der Waals surface area contributed by atoms with Crippen molar-refractivity contribution in [3.63, 3.8) is 0 Å². The van der Waals surface area contributed by atoms with Crippen LogP contribution >= 0.6 is 0 Å². The molecular weight excluding hydrogens is 515 g/mol. The summed E-state index contributed by atoms with van der Waals surface area (Å²) in [5.74, 6) is -1.74. The molecule has 4 nitrogen and oxygen atoms in total. The molecule has 0 aromatic heterocycles. The third kappa shape index (κ3) is 6.14. The second-order valence-electron chi connectivity index (χ2n) is 10.2. The predicted octanol–water partition coefficient (Wildman–Crippen LogP) is 5.85. The van der Waals surface area contributed by atoms with Crippen molar-refractivity contribution in [2.45, 2.75) is 56.5 Å². The highest BCUT2D eigenvalue weighted by Gasteiger charge is 2.40. The van der Waals surface area contributed by atoms with Gasteiger partial charge in [-0.15, -0.1) is 0 Å². The number of nitrogens with zero attached hydrogens (tertiary/aromatic N) is 2. The number of aryl methyl sites for hydroxylation is 1. The zero-order valence-electron chi connectivity index (χ0n) is 21.1. The molecule has 2 heterocycles. The Balaban J connectivity index is 1.68. The first-order valence-corrected chi connectivity index (χ1v) is 12.5. The number of likely N-dealkylation sites (tertiary alicyclic amines) is 1. The molecule has 1 amide bonds. The fourth-order valence-electron chi connectivity index (χ4n) is 5.53. The molecular formula is C27H30F7N3O. The van der Waals surface area contributed by atoms with Gasteiger partial charge in [-0.05, 0) is 74.7 Å². The van der Waals surface area contributed by atoms with E-state index in [1.807, 2.05) is 0 Å². The smallest absolute Gasteiger partial charge is 0.338 e. The Morgan fingerprint density at radius 1 is 0.947 bits per heavy atom. The Bertz CT molecular complexity index is 1130. The van der Waals surface area contributed by atoms with Crippen molar-refractivity contribution in [2.24, 2.45) is 0 Å². The second kappa shape index (κ2) is 10.8. The molecule has 0 spiro atoms. The van der Waals surface area contributed by atoms with Crippen LogP contribution in [0.1, 0.15) is 57.8 Å². The zero-order chi connectivity index (χ0) is 27.8. The number of nitrogens with one attached hydrogen (secondary N) is 1. The number of halogens is 7. The van der Waals surface area contributed by atoms with Gasteiger partial charge in [0.05, 0.1) is 11.1 Å². The van der Waals surface area contributed by atoms with Gasteiger partial charge in [-0.1, -0.05) is 12.1 Å². The third-order valence-corrected chi connectivity index (χ3v) is 7.71. The summed E-state index contributed by atoms with van der Waals surface area (Å²) >= 11 is 0. The maximum absolute atomic E-state index is 14.5. The van der Waals surface area contributed by atoms with E-state index in [2.05, 4.69) is 10.2 Å². The molecule has 0 bridgehead atoms. The van der Waals surface area contributed by atoms with Crippen LogP contribution in [0.4, 0.5) is 30.7 Å². The number of amides is 1. The summed E-state index contributed by atoms with van der Waals surface area (Å²) in [4.78, 5) is 16.9. The molecule has 0 aliphatic carbocycles. The van der Waals surface area contributed by atoms with Crippen molar-refractivity contribution in [1.29, 1.82) is 0 Å². The van der Waals surface area contributed by atoms with Crippen LogP contribution in [-0.4, -0.2) is 61.0 Å². The molecule has 38 heavy (non-hydrogen) atoms. The average Bonchev–Trinajstić information content (AvgIpc) is 2.88. The first kappa shape index (κ1) is 28.4. The molecule has 1 N–H and O–H groups in total. The van der Waals surface area contributed by atoms with E-state index in [1.54, 1.807) is 19.1 Å². The maximum Gasteiger partial charge on any atom is 0.416 e. The van der Waals surface area contributed by atoms with Crippen LogP contribution in [0.5, 0.6) is 0 Å². The minimum Gasteiger partial charge on any atom is -0.338 e. The second-order valence-corrected chi connectivity index (χ2v) is 10.2. The summed E-state index contributed by atoms with van der Waals surface area (Å²) in [5, 5.41) is 3.31. The van der Waals surface area contributed by atoms with Crippen LogP contribution in [0.3, 0.4) is 0 Å². The highest BCUT2D eigenvalue weighted by molar-refractivity contribution is 5.94. The molecule has 0 unspecified atom stereocenters. The largest absolute Gasteiger partial charge is 0.416 e. The number of likely N-dealkylation sites (N-methyl/N-ethyl adjacent to an activating group) is 1. The average molecular weight is 546 g/mol. The third-order valence-electron chi connectivity index (χ3n) is 7.71. The molecule has 0 saturated carbocycles. The summed E-state index contributed by atoms with van der Waals surface area (Å²) in [6.07, 6.45) is -7.82. The normalized spacial score (nSPS) is 21.9. The molecule has 2 saturated heterocycles. The van der Waals surface area contributed by atoms with Crippen LogP contribution in [0.2, 0.25) is 0 Å². The Hall–Kier alpha value is -2.66. The zero-order valence-corrected chi connectivity index (χ0v) is 21.1. The van der Waals surface area contributed by atoms with E-state index in [-0.39, 0.29) is 12.0 Å². The number of hydrogen-bond donors (Lipinski definition) is 1. The van der Waals surface area contributed by atoms with Gasteiger partial charge in [0.2, 0.25) is 0 Å². The summed E-state index contributed by atoms with van der Waals surface area (Å²) < 4.78 is 94.9. The number of alkyl halides is 6. The molecule has 2 atom stereocenters. The minimum absolute atomic E-state index is 0.00613. The standard InChI is InChI=1S/C27H30F7N3O/c1-16-3-4-17(13-23(16)28)22-15-37(21-5-8-35-9-6-21)10-7-24(22)36(2)25(38)18-11-19(26(29,30)31)14-20(12-18)27(32,33)34/h3-4,11-14,21-22,24,35H,5-10,15H2,1-2H3/t22-,24+/m0/s1. The van der Waals surface area contributed by atoms with E-state index in [9.17, 15) is 35.5 Å². The van der Waals surface area contributed by atoms with Gasteiger partial charge in [-0.3, -0.25) is 9.69 Å². The van der Waals surface area contributed by atoms with Gasteiger partial charge in [-0.25, -0.2) is 4.39 Å². The van der Waals surface area contributed by atoms with Crippen molar-refractivity contribution in [2.75, 3.05) is 33.2 Å². The van der Waals surface area contributed by atoms with Crippen LogP contribution in [0.25, 0.3) is 0 Å². The Morgan fingerprint density at radius 3 is 2.11 bits per heavy atom. The molecule has 0 radical (unpaired) electrons. The van der Waals surface area contributed by atoms with Gasteiger partial charge in [-0.2, -0.15) is 26.3 Å². The molecule has 2 aliphatic rings. The summed E-state index contributed by atoms with van der Waals surface area (Å²) in [5.41, 5.74) is -2.69. The number of piperidine rings is 2. The summed E-state index contributed by atoms with van der Waals surface area (Å²) in [6.45, 7) is 4.45. The van der Waals surface area contributed by atoms with Crippen molar-refractivity contribution < 1.29 is 35.5 Å². The molecule has 2 aliphatic heterocycles. The van der Waals surface area contributed by atoms with E-state index in [0.717, 1.165) is 25.9 Å². The highest BCUT2D eigenvalue weighted by atomic mass is 19.4. The van der Waals surface area contributed by atoms with Crippen molar-refractivity contribution in [3.8, 4) is 0 Å². The number of benzene rings is 2. The van der Waals surface area contributed by atoms with Gasteiger partial charge in [0.25, 0.3) is 5.91 Å². The van der Waals surface area contributed by atoms with Gasteiger partial charge in [0.1, 0.15) is 5.82 Å². The predicted molar refractivity (Wildman–Crippen MR) is 128 cm³/mol. The van der Waals surface area contributed by atoms with Gasteiger partial charge < -0.3 is 10.2 Å². The maximum atomic E-state index is 14.5. The number of rotatable bonds is 4. The monoisotopic (exact) mass is 545 g/mol. The lowest BCUT2D eigenvalue weighted by Crippen LogP contribution is -2.54. The van der Waals surface area contributed by atoms with Crippen LogP contribution in [0.15, 0.2) is 36.4 Å². The van der Waals surface area contributed by atoms with Crippen molar-refractivity contribution in [3.05, 3.63) is 70.0 Å². The quantitative estimate of drug-likeness (QED) is 0.490. The number of carbonyl (C=O) groups excluding carboxylic acids is 1. The molecule has 2 aromatic carbocycles. The minimum atomic E-state index is -5.06. The summed E-state index contributed by atoms with van der Waals surface area (Å²) in [6, 6.07) is 5.48. The fraction of sp³-hybridized carbons (Fsp3) is 0.519. The van der Waals surface area contributed by atoms with Gasteiger partial charge in [0, 0.05) is 43.7 Å². The highest BCUT2D eigenvalue weighted by Crippen LogP contribution is 2.38. The first-order chi connectivity index (χ1) is 17.8. The molecule has 2 fully saturated rings. The first-order valence-electron chi connectivity index (χ1n) is 12.5. The van der Waals surface area contributed by atoms with Crippen LogP contribution in [0, 0.1) is 12.7 Å². The molecule has 4 rings (SSSR count). The van der Waals surface area contributed by atoms with E-state index in [0.29, 0.717) is 48.8 Å². The Labute approximate surface area is 216 Å². The number of hydrogen-bond acceptors (Lipinski definition) is 3. The lowest BCUT2D eigenvalue weighted by molar-refractivity contribution is -0.143. The Morgan fingerprint density at radius 2 is 1.55 bits per heavy atom. The summed E-state index contributed by atoms with van der Waals surface area (Å²) in [7, 11) is 1.39. The lowest BCUT2D eigenvalue weighted by atomic mass is 9.83. The molecule has 208 valence electrons. The van der Waals surface area contributed by atoms with E-state index in [1.165, 1.54) is 18.0 Å². The van der Waals surface area contributed by atoms with E-state index >= 15 is 0 Å². The van der Waals surface area contributed by atoms with Crippen molar-refractivity contribution in [1.82, 2.24) is 15.1 Å². The van der Waals surface area contributed by atoms with E-state index in [4.69, 9.17) is 0 Å². The van der Waals surface area contributed by atoms with Crippen LogP contribution < -0.4 is 5.32 Å². The molecule has 2 aromatic rings. The van der Waals surface area contributed by atoms with Gasteiger partial charge >= 0.3 is 12.4 Å². The lowest BCUT2D eigenvalue weighted by Gasteiger charge is -2.46. The molecule has 11 heteroatoms. The number of carbonyl (C=O) groups is 1. The van der Waals surface area contributed by atoms with Crippen molar-refractivity contribution >= 4 is 5.91 Å². The SMILES string of the molecule is Cc1ccc([C@@H]2CN(C3CCNCC3)CC[C@H]2N(C)C(=O)c2cc(C(F)(F)F)cc(C(F)(F)F)c2)cc1F. The fourth-order valence-corrected chi connectivity index (χ4v) is 5.53. The topological polar surface area (TPSA) is 35.6 Å². The van der Waals surface area contributed by atoms with Gasteiger partial charge in [0.15, 0.2) is 0 Å². The van der Waals surface area contributed by atoms with E-state index < -0.39 is 46.8 Å².